The van der Waals surface area contributed by atoms with Crippen molar-refractivity contribution in [2.45, 2.75) is 25.4 Å². The van der Waals surface area contributed by atoms with Gasteiger partial charge in [-0.25, -0.2) is 14.0 Å². The number of hydrogen-bond donors (Lipinski definition) is 1. The molecule has 1 N–H and O–H groups in total. The van der Waals surface area contributed by atoms with E-state index in [1.54, 1.807) is 6.07 Å². The first-order valence-electron chi connectivity index (χ1n) is 9.61. The third-order valence-corrected chi connectivity index (χ3v) is 5.25. The maximum Gasteiger partial charge on any atom is 0.337 e. The van der Waals surface area contributed by atoms with Crippen molar-refractivity contribution < 1.29 is 28.2 Å². The number of methoxy groups -OCH3 is 2. The summed E-state index contributed by atoms with van der Waals surface area (Å²) in [5, 5.41) is 2.99. The fraction of sp³-hybridized carbons (Fsp3) is 0.318. The van der Waals surface area contributed by atoms with Crippen LogP contribution in [-0.4, -0.2) is 49.6 Å². The lowest BCUT2D eigenvalue weighted by Gasteiger charge is -2.22. The van der Waals surface area contributed by atoms with E-state index in [2.05, 4.69) is 5.32 Å². The summed E-state index contributed by atoms with van der Waals surface area (Å²) in [6, 6.07) is 8.77. The molecule has 1 aliphatic carbocycles. The highest BCUT2D eigenvalue weighted by molar-refractivity contribution is 6.31. The topological polar surface area (TPSA) is 84.9 Å². The number of nitrogens with one attached hydrogen (secondary N) is 1. The molecular weight excluding hydrogens is 427 g/mol. The van der Waals surface area contributed by atoms with Gasteiger partial charge >= 0.3 is 11.9 Å². The normalized spacial score (nSPS) is 13.1. The molecule has 1 fully saturated rings. The molecule has 0 atom stereocenters. The van der Waals surface area contributed by atoms with Gasteiger partial charge in [-0.3, -0.25) is 9.69 Å². The van der Waals surface area contributed by atoms with E-state index in [9.17, 15) is 18.8 Å². The molecule has 0 heterocycles. The van der Waals surface area contributed by atoms with Crippen LogP contribution in [0.2, 0.25) is 5.02 Å². The highest BCUT2D eigenvalue weighted by Gasteiger charge is 2.31. The Morgan fingerprint density at radius 3 is 2.23 bits per heavy atom. The van der Waals surface area contributed by atoms with Crippen molar-refractivity contribution in [2.24, 2.45) is 0 Å². The Balaban J connectivity index is 1.76. The highest BCUT2D eigenvalue weighted by Crippen LogP contribution is 2.30. The lowest BCUT2D eigenvalue weighted by molar-refractivity contribution is -0.117. The number of ether oxygens (including phenoxy) is 2. The zero-order chi connectivity index (χ0) is 22.5. The van der Waals surface area contributed by atoms with Gasteiger partial charge in [0, 0.05) is 28.9 Å². The molecular formula is C22H22ClFN2O5. The van der Waals surface area contributed by atoms with Crippen LogP contribution in [0.1, 0.15) is 39.1 Å². The monoisotopic (exact) mass is 448 g/mol. The summed E-state index contributed by atoms with van der Waals surface area (Å²) in [6.07, 6.45) is 1.81. The molecule has 2 aromatic rings. The standard InChI is InChI=1S/C22H22ClFN2O5/c1-30-21(28)13-8-14(22(29)31-2)10-15(9-13)25-20(27)12-26(16-6-7-16)11-17-18(23)4-3-5-19(17)24/h3-5,8-10,16H,6-7,11-12H2,1-2H3,(H,25,27). The number of esters is 2. The molecule has 31 heavy (non-hydrogen) atoms. The van der Waals surface area contributed by atoms with Crippen LogP contribution in [0.4, 0.5) is 10.1 Å². The van der Waals surface area contributed by atoms with Crippen molar-refractivity contribution in [1.29, 1.82) is 0 Å². The molecule has 0 aromatic heterocycles. The molecule has 164 valence electrons. The number of amides is 1. The van der Waals surface area contributed by atoms with E-state index in [4.69, 9.17) is 21.1 Å². The first-order chi connectivity index (χ1) is 14.8. The van der Waals surface area contributed by atoms with Gasteiger partial charge in [0.05, 0.1) is 31.9 Å². The Labute approximate surface area is 184 Å². The fourth-order valence-electron chi connectivity index (χ4n) is 3.20. The number of nitrogens with zero attached hydrogens (tertiary/aromatic N) is 1. The molecule has 7 nitrogen and oxygen atoms in total. The summed E-state index contributed by atoms with van der Waals surface area (Å²) in [5.74, 6) is -2.12. The van der Waals surface area contributed by atoms with Crippen LogP contribution < -0.4 is 5.32 Å². The minimum absolute atomic E-state index is 0.00859. The molecule has 0 unspecified atom stereocenters. The van der Waals surface area contributed by atoms with Gasteiger partial charge in [0.25, 0.3) is 0 Å². The van der Waals surface area contributed by atoms with Gasteiger partial charge in [0.2, 0.25) is 5.91 Å². The molecule has 2 aromatic carbocycles. The smallest absolute Gasteiger partial charge is 0.337 e. The molecule has 1 saturated carbocycles. The van der Waals surface area contributed by atoms with E-state index in [-0.39, 0.29) is 41.9 Å². The number of halogens is 2. The average Bonchev–Trinajstić information content (AvgIpc) is 3.59. The zero-order valence-corrected chi connectivity index (χ0v) is 17.9. The van der Waals surface area contributed by atoms with E-state index < -0.39 is 17.8 Å². The number of anilines is 1. The summed E-state index contributed by atoms with van der Waals surface area (Å²) in [4.78, 5) is 38.4. The van der Waals surface area contributed by atoms with Gasteiger partial charge in [-0.15, -0.1) is 0 Å². The number of rotatable bonds is 8. The number of hydrogen-bond acceptors (Lipinski definition) is 6. The molecule has 0 bridgehead atoms. The average molecular weight is 449 g/mol. The number of carbonyl (C=O) groups excluding carboxylic acids is 3. The first-order valence-corrected chi connectivity index (χ1v) is 9.98. The molecule has 1 aliphatic rings. The SMILES string of the molecule is COC(=O)c1cc(NC(=O)CN(Cc2c(F)cccc2Cl)C2CC2)cc(C(=O)OC)c1. The van der Waals surface area contributed by atoms with Crippen molar-refractivity contribution in [2.75, 3.05) is 26.1 Å². The third-order valence-electron chi connectivity index (χ3n) is 4.89. The van der Waals surface area contributed by atoms with E-state index >= 15 is 0 Å². The molecule has 9 heteroatoms. The van der Waals surface area contributed by atoms with E-state index in [1.807, 2.05) is 4.90 Å². The van der Waals surface area contributed by atoms with Crippen LogP contribution in [0, 0.1) is 5.82 Å². The molecule has 1 amide bonds. The summed E-state index contributed by atoms with van der Waals surface area (Å²) in [7, 11) is 2.43. The molecule has 0 spiro atoms. The van der Waals surface area contributed by atoms with Crippen LogP contribution in [0.3, 0.4) is 0 Å². The molecule has 3 rings (SSSR count). The van der Waals surface area contributed by atoms with Crippen LogP contribution in [-0.2, 0) is 20.8 Å². The quantitative estimate of drug-likeness (QED) is 0.620. The first kappa shape index (κ1) is 22.7. The minimum Gasteiger partial charge on any atom is -0.465 e. The van der Waals surface area contributed by atoms with Crippen LogP contribution in [0.25, 0.3) is 0 Å². The van der Waals surface area contributed by atoms with E-state index in [0.29, 0.717) is 10.6 Å². The fourth-order valence-corrected chi connectivity index (χ4v) is 3.42. The van der Waals surface area contributed by atoms with Crippen molar-refractivity contribution in [1.82, 2.24) is 4.90 Å². The Hall–Kier alpha value is -2.97. The van der Waals surface area contributed by atoms with Crippen LogP contribution in [0.15, 0.2) is 36.4 Å². The van der Waals surface area contributed by atoms with Gasteiger partial charge in [-0.2, -0.15) is 0 Å². The summed E-state index contributed by atoms with van der Waals surface area (Å²) >= 11 is 6.13. The van der Waals surface area contributed by atoms with Crippen molar-refractivity contribution in [3.63, 3.8) is 0 Å². The second-order valence-corrected chi connectivity index (χ2v) is 7.57. The molecule has 0 radical (unpaired) electrons. The Kier molecular flexibility index (Phi) is 7.25. The van der Waals surface area contributed by atoms with Gasteiger partial charge < -0.3 is 14.8 Å². The van der Waals surface area contributed by atoms with Crippen molar-refractivity contribution >= 4 is 35.1 Å². The third kappa shape index (κ3) is 5.80. The molecule has 0 aliphatic heterocycles. The maximum atomic E-state index is 14.2. The zero-order valence-electron chi connectivity index (χ0n) is 17.1. The predicted octanol–water partition coefficient (Wildman–Crippen LogP) is 3.66. The minimum atomic E-state index is -0.657. The van der Waals surface area contributed by atoms with E-state index in [1.165, 1.54) is 44.6 Å². The summed E-state index contributed by atoms with van der Waals surface area (Å²) in [5.41, 5.74) is 0.772. The largest absolute Gasteiger partial charge is 0.465 e. The van der Waals surface area contributed by atoms with E-state index in [0.717, 1.165) is 12.8 Å². The van der Waals surface area contributed by atoms with Crippen molar-refractivity contribution in [3.05, 3.63) is 63.9 Å². The van der Waals surface area contributed by atoms with Crippen LogP contribution >= 0.6 is 11.6 Å². The van der Waals surface area contributed by atoms with Gasteiger partial charge in [-0.05, 0) is 43.2 Å². The van der Waals surface area contributed by atoms with Gasteiger partial charge in [0.1, 0.15) is 5.82 Å². The lowest BCUT2D eigenvalue weighted by atomic mass is 10.1. The number of benzene rings is 2. The Morgan fingerprint density at radius 1 is 1.10 bits per heavy atom. The van der Waals surface area contributed by atoms with Crippen molar-refractivity contribution in [3.8, 4) is 0 Å². The van der Waals surface area contributed by atoms with Gasteiger partial charge in [-0.1, -0.05) is 17.7 Å². The predicted molar refractivity (Wildman–Crippen MR) is 113 cm³/mol. The second-order valence-electron chi connectivity index (χ2n) is 7.17. The highest BCUT2D eigenvalue weighted by atomic mass is 35.5. The maximum absolute atomic E-state index is 14.2. The number of carbonyl (C=O) groups is 3. The molecule has 0 saturated heterocycles. The van der Waals surface area contributed by atoms with Gasteiger partial charge in [0.15, 0.2) is 0 Å². The lowest BCUT2D eigenvalue weighted by Crippen LogP contribution is -2.35. The Bertz CT molecular complexity index is 955. The Morgan fingerprint density at radius 2 is 1.71 bits per heavy atom. The second kappa shape index (κ2) is 9.89. The summed E-state index contributed by atoms with van der Waals surface area (Å²) in [6.45, 7) is 0.185. The summed E-state index contributed by atoms with van der Waals surface area (Å²) < 4.78 is 23.6. The van der Waals surface area contributed by atoms with Crippen LogP contribution in [0.5, 0.6) is 0 Å².